The molecule has 0 aliphatic carbocycles. The molecule has 0 radical (unpaired) electrons. The number of hydrogen-bond acceptors (Lipinski definition) is 4. The molecule has 3 rings (SSSR count). The summed E-state index contributed by atoms with van der Waals surface area (Å²) >= 11 is 0. The van der Waals surface area contributed by atoms with Crippen molar-refractivity contribution in [2.45, 2.75) is 19.4 Å². The van der Waals surface area contributed by atoms with Gasteiger partial charge < -0.3 is 15.2 Å². The number of hydrogen-bond donors (Lipinski definition) is 2. The molecule has 0 spiro atoms. The summed E-state index contributed by atoms with van der Waals surface area (Å²) in [6, 6.07) is 22.3. The van der Waals surface area contributed by atoms with Crippen molar-refractivity contribution >= 4 is 17.8 Å². The van der Waals surface area contributed by atoms with E-state index in [0.717, 1.165) is 16.7 Å². The van der Waals surface area contributed by atoms with Crippen LogP contribution in [0, 0.1) is 0 Å². The van der Waals surface area contributed by atoms with Gasteiger partial charge in [0.25, 0.3) is 5.91 Å². The molecular weight excluding hydrogens is 382 g/mol. The van der Waals surface area contributed by atoms with Crippen molar-refractivity contribution in [1.29, 1.82) is 0 Å². The maximum absolute atomic E-state index is 12.4. The fraction of sp³-hybridized carbons (Fsp3) is 0.125. The SMILES string of the molecule is CC(=O)Oc1ccc(C(=O)N[C@H](Cc2ccc(-c3ccccc3)cc2)C(=O)O)cc1. The Morgan fingerprint density at radius 2 is 1.47 bits per heavy atom. The smallest absolute Gasteiger partial charge is 0.326 e. The van der Waals surface area contributed by atoms with Gasteiger partial charge >= 0.3 is 11.9 Å². The second-order valence-electron chi connectivity index (χ2n) is 6.75. The Balaban J connectivity index is 1.66. The van der Waals surface area contributed by atoms with Crippen molar-refractivity contribution in [3.05, 3.63) is 90.0 Å². The van der Waals surface area contributed by atoms with E-state index in [1.54, 1.807) is 0 Å². The van der Waals surface area contributed by atoms with Gasteiger partial charge in [0.15, 0.2) is 0 Å². The number of carboxylic acid groups (broad SMARTS) is 1. The van der Waals surface area contributed by atoms with E-state index in [4.69, 9.17) is 4.74 Å². The molecule has 3 aromatic rings. The van der Waals surface area contributed by atoms with Gasteiger partial charge in [0, 0.05) is 18.9 Å². The molecule has 6 nitrogen and oxygen atoms in total. The predicted octanol–water partition coefficient (Wildman–Crippen LogP) is 3.70. The molecule has 0 bridgehead atoms. The van der Waals surface area contributed by atoms with Crippen LogP contribution < -0.4 is 10.1 Å². The summed E-state index contributed by atoms with van der Waals surface area (Å²) in [6.45, 7) is 1.28. The standard InChI is InChI=1S/C24H21NO5/c1-16(26)30-21-13-11-20(12-14-21)23(27)25-22(24(28)29)15-17-7-9-19(10-8-17)18-5-3-2-4-6-18/h2-14,22H,15H2,1H3,(H,25,27)(H,28,29)/t22-/m1/s1. The maximum atomic E-state index is 12.4. The number of amides is 1. The number of rotatable bonds is 7. The van der Waals surface area contributed by atoms with E-state index in [9.17, 15) is 19.5 Å². The highest BCUT2D eigenvalue weighted by molar-refractivity contribution is 5.96. The Bertz CT molecular complexity index is 1030. The Labute approximate surface area is 174 Å². The predicted molar refractivity (Wildman–Crippen MR) is 112 cm³/mol. The molecule has 0 saturated carbocycles. The summed E-state index contributed by atoms with van der Waals surface area (Å²) in [4.78, 5) is 35.1. The van der Waals surface area contributed by atoms with Gasteiger partial charge in [0.1, 0.15) is 11.8 Å². The van der Waals surface area contributed by atoms with Gasteiger partial charge in [-0.3, -0.25) is 9.59 Å². The van der Waals surface area contributed by atoms with Gasteiger partial charge in [0.2, 0.25) is 0 Å². The number of nitrogens with one attached hydrogen (secondary N) is 1. The van der Waals surface area contributed by atoms with Crippen molar-refractivity contribution in [2.24, 2.45) is 0 Å². The molecule has 30 heavy (non-hydrogen) atoms. The molecule has 3 aromatic carbocycles. The minimum absolute atomic E-state index is 0.154. The summed E-state index contributed by atoms with van der Waals surface area (Å²) in [5, 5.41) is 12.1. The lowest BCUT2D eigenvalue weighted by atomic mass is 10.0. The van der Waals surface area contributed by atoms with Crippen molar-refractivity contribution in [1.82, 2.24) is 5.32 Å². The van der Waals surface area contributed by atoms with E-state index < -0.39 is 23.9 Å². The summed E-state index contributed by atoms with van der Waals surface area (Å²) < 4.78 is 4.92. The number of benzene rings is 3. The monoisotopic (exact) mass is 403 g/mol. The van der Waals surface area contributed by atoms with Crippen LogP contribution in [0.4, 0.5) is 0 Å². The Hall–Kier alpha value is -3.93. The van der Waals surface area contributed by atoms with Crippen LogP contribution in [0.3, 0.4) is 0 Å². The van der Waals surface area contributed by atoms with E-state index >= 15 is 0 Å². The van der Waals surface area contributed by atoms with Gasteiger partial charge in [-0.2, -0.15) is 0 Å². The second kappa shape index (κ2) is 9.52. The molecule has 1 amide bonds. The van der Waals surface area contributed by atoms with Crippen molar-refractivity contribution in [2.75, 3.05) is 0 Å². The van der Waals surface area contributed by atoms with E-state index in [0.29, 0.717) is 5.75 Å². The zero-order valence-electron chi connectivity index (χ0n) is 16.4. The molecule has 0 aromatic heterocycles. The molecule has 0 aliphatic rings. The second-order valence-corrected chi connectivity index (χ2v) is 6.75. The van der Waals surface area contributed by atoms with Crippen LogP contribution in [-0.4, -0.2) is 29.0 Å². The first-order valence-electron chi connectivity index (χ1n) is 9.39. The van der Waals surface area contributed by atoms with Crippen molar-refractivity contribution < 1.29 is 24.2 Å². The molecule has 0 heterocycles. The van der Waals surface area contributed by atoms with E-state index in [2.05, 4.69) is 5.32 Å². The molecular formula is C24H21NO5. The Morgan fingerprint density at radius 3 is 2.03 bits per heavy atom. The first kappa shape index (κ1) is 20.8. The zero-order valence-corrected chi connectivity index (χ0v) is 16.4. The summed E-state index contributed by atoms with van der Waals surface area (Å²) in [6.07, 6.45) is 0.154. The number of ether oxygens (including phenoxy) is 1. The Kier molecular flexibility index (Phi) is 6.60. The third-order valence-electron chi connectivity index (χ3n) is 4.48. The van der Waals surface area contributed by atoms with Crippen LogP contribution in [0.2, 0.25) is 0 Å². The first-order valence-corrected chi connectivity index (χ1v) is 9.39. The molecule has 6 heteroatoms. The van der Waals surface area contributed by atoms with Crippen LogP contribution in [0.5, 0.6) is 5.75 Å². The summed E-state index contributed by atoms with van der Waals surface area (Å²) in [7, 11) is 0. The quantitative estimate of drug-likeness (QED) is 0.463. The molecule has 1 atom stereocenters. The van der Waals surface area contributed by atoms with Gasteiger partial charge in [0.05, 0.1) is 0 Å². The van der Waals surface area contributed by atoms with Gasteiger partial charge in [-0.25, -0.2) is 4.79 Å². The third-order valence-corrected chi connectivity index (χ3v) is 4.48. The van der Waals surface area contributed by atoms with Gasteiger partial charge in [-0.05, 0) is 41.0 Å². The van der Waals surface area contributed by atoms with E-state index in [-0.39, 0.29) is 12.0 Å². The normalized spacial score (nSPS) is 11.4. The highest BCUT2D eigenvalue weighted by atomic mass is 16.5. The van der Waals surface area contributed by atoms with Crippen LogP contribution in [-0.2, 0) is 16.0 Å². The molecule has 0 saturated heterocycles. The van der Waals surface area contributed by atoms with Crippen LogP contribution in [0.1, 0.15) is 22.8 Å². The highest BCUT2D eigenvalue weighted by Gasteiger charge is 2.21. The summed E-state index contributed by atoms with van der Waals surface area (Å²) in [5.41, 5.74) is 3.18. The van der Waals surface area contributed by atoms with Crippen LogP contribution >= 0.6 is 0 Å². The number of aliphatic carboxylic acids is 1. The fourth-order valence-corrected chi connectivity index (χ4v) is 2.98. The van der Waals surface area contributed by atoms with Gasteiger partial charge in [-0.15, -0.1) is 0 Å². The molecule has 0 aliphatic heterocycles. The summed E-state index contributed by atoms with van der Waals surface area (Å²) in [5.74, 6) is -1.78. The Morgan fingerprint density at radius 1 is 0.867 bits per heavy atom. The topological polar surface area (TPSA) is 92.7 Å². The lowest BCUT2D eigenvalue weighted by molar-refractivity contribution is -0.139. The molecule has 0 unspecified atom stereocenters. The van der Waals surface area contributed by atoms with Crippen LogP contribution in [0.15, 0.2) is 78.9 Å². The minimum Gasteiger partial charge on any atom is -0.480 e. The van der Waals surface area contributed by atoms with Crippen molar-refractivity contribution in [3.63, 3.8) is 0 Å². The number of carboxylic acids is 1. The molecule has 0 fully saturated rings. The zero-order chi connectivity index (χ0) is 21.5. The van der Waals surface area contributed by atoms with Crippen molar-refractivity contribution in [3.8, 4) is 16.9 Å². The van der Waals surface area contributed by atoms with Gasteiger partial charge in [-0.1, -0.05) is 54.6 Å². The maximum Gasteiger partial charge on any atom is 0.326 e. The first-order chi connectivity index (χ1) is 14.4. The average molecular weight is 403 g/mol. The van der Waals surface area contributed by atoms with E-state index in [1.807, 2.05) is 54.6 Å². The minimum atomic E-state index is -1.12. The third kappa shape index (κ3) is 5.54. The lowest BCUT2D eigenvalue weighted by Crippen LogP contribution is -2.42. The average Bonchev–Trinajstić information content (AvgIpc) is 2.74. The number of carbonyl (C=O) groups excluding carboxylic acids is 2. The number of carbonyl (C=O) groups is 3. The fourth-order valence-electron chi connectivity index (χ4n) is 2.98. The number of esters is 1. The van der Waals surface area contributed by atoms with Crippen LogP contribution in [0.25, 0.3) is 11.1 Å². The van der Waals surface area contributed by atoms with E-state index in [1.165, 1.54) is 31.2 Å². The highest BCUT2D eigenvalue weighted by Crippen LogP contribution is 2.20. The molecule has 2 N–H and O–H groups in total. The lowest BCUT2D eigenvalue weighted by Gasteiger charge is -2.15. The largest absolute Gasteiger partial charge is 0.480 e. The molecule has 152 valence electrons.